The summed E-state index contributed by atoms with van der Waals surface area (Å²) in [6, 6.07) is 0. The molecular weight excluding hydrogens is 336 g/mol. The van der Waals surface area contributed by atoms with Crippen molar-refractivity contribution in [1.29, 1.82) is 0 Å². The van der Waals surface area contributed by atoms with Crippen LogP contribution in [0.1, 0.15) is 28.8 Å². The molecule has 0 unspecified atom stereocenters. The molecule has 1 fully saturated rings. The van der Waals surface area contributed by atoms with E-state index in [1.807, 2.05) is 18.9 Å². The molecule has 2 aromatic heterocycles. The Morgan fingerprint density at radius 1 is 1.32 bits per heavy atom. The summed E-state index contributed by atoms with van der Waals surface area (Å²) in [7, 11) is 1.89. The number of fused-ring (bicyclic) bond motifs is 1. The minimum absolute atomic E-state index is 0.234. The van der Waals surface area contributed by atoms with Crippen molar-refractivity contribution in [3.05, 3.63) is 28.7 Å². The van der Waals surface area contributed by atoms with Gasteiger partial charge in [0.1, 0.15) is 12.1 Å². The Hall–Kier alpha value is -2.22. The first-order valence-electron chi connectivity index (χ1n) is 8.53. The molecular formula is C17H22N6OS. The Morgan fingerprint density at radius 3 is 2.76 bits per heavy atom. The van der Waals surface area contributed by atoms with E-state index in [0.29, 0.717) is 25.4 Å². The van der Waals surface area contributed by atoms with Crippen molar-refractivity contribution < 1.29 is 4.79 Å². The fraction of sp³-hybridized carbons (Fsp3) is 0.529. The topological polar surface area (TPSA) is 74.2 Å². The van der Waals surface area contributed by atoms with Crippen LogP contribution in [0.4, 0.5) is 10.9 Å². The van der Waals surface area contributed by atoms with E-state index in [1.165, 1.54) is 28.2 Å². The minimum atomic E-state index is 0.234. The Kier molecular flexibility index (Phi) is 4.07. The van der Waals surface area contributed by atoms with Gasteiger partial charge < -0.3 is 15.1 Å². The van der Waals surface area contributed by atoms with Crippen LogP contribution in [0.2, 0.25) is 0 Å². The number of pyridine rings is 1. The van der Waals surface area contributed by atoms with Gasteiger partial charge in [0.05, 0.1) is 0 Å². The quantitative estimate of drug-likeness (QED) is 0.901. The minimum Gasteiger partial charge on any atom is -0.373 e. The van der Waals surface area contributed by atoms with E-state index in [-0.39, 0.29) is 5.91 Å². The second-order valence-electron chi connectivity index (χ2n) is 6.83. The molecule has 1 saturated heterocycles. The maximum Gasteiger partial charge on any atom is 0.223 e. The van der Waals surface area contributed by atoms with Crippen LogP contribution in [0.5, 0.6) is 0 Å². The fourth-order valence-corrected chi connectivity index (χ4v) is 4.20. The lowest BCUT2D eigenvalue weighted by Crippen LogP contribution is -2.48. The third kappa shape index (κ3) is 2.84. The maximum absolute atomic E-state index is 12.7. The summed E-state index contributed by atoms with van der Waals surface area (Å²) in [6.45, 7) is 7.26. The molecule has 0 aliphatic carbocycles. The van der Waals surface area contributed by atoms with Gasteiger partial charge in [-0.15, -0.1) is 0 Å². The number of rotatable bonds is 4. The molecule has 4 heterocycles. The number of hydrogen-bond acceptors (Lipinski definition) is 7. The number of carbonyl (C=O) groups excluding carboxylic acids is 1. The molecule has 132 valence electrons. The van der Waals surface area contributed by atoms with Gasteiger partial charge in [-0.2, -0.15) is 4.37 Å². The highest BCUT2D eigenvalue weighted by atomic mass is 32.1. The van der Waals surface area contributed by atoms with Gasteiger partial charge in [-0.05, 0) is 25.0 Å². The second-order valence-corrected chi connectivity index (χ2v) is 7.59. The van der Waals surface area contributed by atoms with Gasteiger partial charge in [0.2, 0.25) is 11.0 Å². The van der Waals surface area contributed by atoms with Crippen molar-refractivity contribution in [3.63, 3.8) is 0 Å². The average molecular weight is 358 g/mol. The van der Waals surface area contributed by atoms with Crippen LogP contribution >= 0.6 is 11.5 Å². The predicted molar refractivity (Wildman–Crippen MR) is 97.7 cm³/mol. The maximum atomic E-state index is 12.7. The predicted octanol–water partition coefficient (Wildman–Crippen LogP) is 1.96. The van der Waals surface area contributed by atoms with Crippen LogP contribution in [-0.2, 0) is 17.9 Å². The second kappa shape index (κ2) is 6.25. The van der Waals surface area contributed by atoms with Crippen molar-refractivity contribution in [2.24, 2.45) is 5.92 Å². The normalized spacial score (nSPS) is 16.8. The summed E-state index contributed by atoms with van der Waals surface area (Å²) in [5.41, 5.74) is 4.66. The lowest BCUT2D eigenvalue weighted by molar-refractivity contribution is -0.133. The molecule has 2 aliphatic rings. The summed E-state index contributed by atoms with van der Waals surface area (Å²) in [4.78, 5) is 25.7. The van der Waals surface area contributed by atoms with Crippen molar-refractivity contribution in [3.8, 4) is 0 Å². The first-order chi connectivity index (χ1) is 12.1. The zero-order valence-corrected chi connectivity index (χ0v) is 15.6. The summed E-state index contributed by atoms with van der Waals surface area (Å²) < 4.78 is 4.03. The Balaban J connectivity index is 1.39. The van der Waals surface area contributed by atoms with Gasteiger partial charge in [0, 0.05) is 68.4 Å². The molecule has 0 atom stereocenters. The SMILES string of the molecule is CNc1nc(C)c(C)c2c1CN(C(=O)CC1CN(c3ncns3)C1)C2. The zero-order valence-electron chi connectivity index (χ0n) is 14.7. The highest BCUT2D eigenvalue weighted by Crippen LogP contribution is 2.33. The zero-order chi connectivity index (χ0) is 17.6. The summed E-state index contributed by atoms with van der Waals surface area (Å²) in [6.07, 6.45) is 2.18. The van der Waals surface area contributed by atoms with E-state index < -0.39 is 0 Å². The van der Waals surface area contributed by atoms with Crippen LogP contribution in [0, 0.1) is 19.8 Å². The van der Waals surface area contributed by atoms with E-state index in [1.54, 1.807) is 6.33 Å². The third-order valence-corrected chi connectivity index (χ3v) is 5.98. The highest BCUT2D eigenvalue weighted by molar-refractivity contribution is 7.09. The summed E-state index contributed by atoms with van der Waals surface area (Å²) in [5.74, 6) is 1.54. The number of aryl methyl sites for hydroxylation is 1. The Morgan fingerprint density at radius 2 is 2.08 bits per heavy atom. The van der Waals surface area contributed by atoms with Crippen molar-refractivity contribution in [1.82, 2.24) is 19.2 Å². The van der Waals surface area contributed by atoms with Crippen molar-refractivity contribution in [2.45, 2.75) is 33.4 Å². The lowest BCUT2D eigenvalue weighted by Gasteiger charge is -2.39. The van der Waals surface area contributed by atoms with E-state index in [9.17, 15) is 4.79 Å². The number of hydrogen-bond donors (Lipinski definition) is 1. The largest absolute Gasteiger partial charge is 0.373 e. The van der Waals surface area contributed by atoms with Gasteiger partial charge in [-0.25, -0.2) is 9.97 Å². The molecule has 0 bridgehead atoms. The van der Waals surface area contributed by atoms with Gasteiger partial charge in [-0.1, -0.05) is 0 Å². The number of amides is 1. The van der Waals surface area contributed by atoms with E-state index in [2.05, 4.69) is 31.5 Å². The lowest BCUT2D eigenvalue weighted by atomic mass is 9.96. The van der Waals surface area contributed by atoms with Gasteiger partial charge >= 0.3 is 0 Å². The average Bonchev–Trinajstić information content (AvgIpc) is 3.23. The highest BCUT2D eigenvalue weighted by Gasteiger charge is 2.34. The first-order valence-corrected chi connectivity index (χ1v) is 9.30. The number of nitrogens with one attached hydrogen (secondary N) is 1. The molecule has 0 spiro atoms. The van der Waals surface area contributed by atoms with E-state index in [4.69, 9.17) is 0 Å². The molecule has 7 nitrogen and oxygen atoms in total. The Bertz CT molecular complexity index is 800. The molecule has 25 heavy (non-hydrogen) atoms. The number of nitrogens with zero attached hydrogens (tertiary/aromatic N) is 5. The molecule has 1 amide bonds. The number of anilines is 2. The molecule has 0 saturated carbocycles. The number of aromatic nitrogens is 3. The standard InChI is InChI=1S/C17H22N6OS/c1-10-11(2)21-16(18-3)14-8-22(7-13(10)14)15(24)4-12-5-23(6-12)17-19-9-20-25-17/h9,12H,4-8H2,1-3H3,(H,18,21). The summed E-state index contributed by atoms with van der Waals surface area (Å²) in [5, 5.41) is 4.12. The van der Waals surface area contributed by atoms with Gasteiger partial charge in [0.25, 0.3) is 0 Å². The molecule has 8 heteroatoms. The smallest absolute Gasteiger partial charge is 0.223 e. The molecule has 0 aromatic carbocycles. The van der Waals surface area contributed by atoms with Crippen LogP contribution in [0.3, 0.4) is 0 Å². The molecule has 2 aliphatic heterocycles. The van der Waals surface area contributed by atoms with Crippen LogP contribution in [0.15, 0.2) is 6.33 Å². The van der Waals surface area contributed by atoms with Gasteiger partial charge in [-0.3, -0.25) is 4.79 Å². The monoisotopic (exact) mass is 358 g/mol. The van der Waals surface area contributed by atoms with Gasteiger partial charge in [0.15, 0.2) is 0 Å². The van der Waals surface area contributed by atoms with Crippen LogP contribution in [0.25, 0.3) is 0 Å². The first kappa shape index (κ1) is 16.3. The van der Waals surface area contributed by atoms with Crippen molar-refractivity contribution in [2.75, 3.05) is 30.4 Å². The molecule has 2 aromatic rings. The number of carbonyl (C=O) groups is 1. The van der Waals surface area contributed by atoms with Crippen LogP contribution in [-0.4, -0.2) is 45.3 Å². The molecule has 0 radical (unpaired) electrons. The molecule has 4 rings (SSSR count). The van der Waals surface area contributed by atoms with Crippen LogP contribution < -0.4 is 10.2 Å². The Labute approximate surface area is 151 Å². The third-order valence-electron chi connectivity index (χ3n) is 5.25. The molecule has 1 N–H and O–H groups in total. The van der Waals surface area contributed by atoms with E-state index >= 15 is 0 Å². The fourth-order valence-electron chi connectivity index (χ4n) is 3.65. The van der Waals surface area contributed by atoms with Crippen molar-refractivity contribution >= 4 is 28.4 Å². The van der Waals surface area contributed by atoms with E-state index in [0.717, 1.165) is 29.7 Å². The summed E-state index contributed by atoms with van der Waals surface area (Å²) >= 11 is 1.41.